The van der Waals surface area contributed by atoms with Gasteiger partial charge in [0.25, 0.3) is 0 Å². The van der Waals surface area contributed by atoms with Gasteiger partial charge in [0.15, 0.2) is 0 Å². The molecule has 5 heteroatoms. The van der Waals surface area contributed by atoms with E-state index in [1.165, 1.54) is 25.1 Å². The van der Waals surface area contributed by atoms with Gasteiger partial charge < -0.3 is 14.3 Å². The molecule has 2 rings (SSSR count). The van der Waals surface area contributed by atoms with E-state index in [4.69, 9.17) is 9.52 Å². The number of aromatic hydroxyl groups is 1. The average Bonchev–Trinajstić information content (AvgIpc) is 2.85. The van der Waals surface area contributed by atoms with Crippen molar-refractivity contribution in [3.8, 4) is 5.75 Å². The van der Waals surface area contributed by atoms with Crippen molar-refractivity contribution in [3.05, 3.63) is 47.9 Å². The van der Waals surface area contributed by atoms with Crippen LogP contribution in [0, 0.1) is 0 Å². The molecule has 0 fully saturated rings. The van der Waals surface area contributed by atoms with Gasteiger partial charge in [-0.2, -0.15) is 0 Å². The maximum atomic E-state index is 11.4. The molecule has 1 aromatic heterocycles. The Hall–Kier alpha value is -1.88. The van der Waals surface area contributed by atoms with Crippen molar-refractivity contribution < 1.29 is 19.1 Å². The summed E-state index contributed by atoms with van der Waals surface area (Å²) in [7, 11) is 1.34. The Bertz CT molecular complexity index is 530. The molecule has 1 N–H and O–H groups in total. The van der Waals surface area contributed by atoms with E-state index in [0.717, 1.165) is 4.90 Å². The minimum absolute atomic E-state index is 0.229. The molecule has 2 aromatic rings. The highest BCUT2D eigenvalue weighted by Crippen LogP contribution is 2.26. The molecular weight excluding hydrogens is 252 g/mol. The highest BCUT2D eigenvalue weighted by molar-refractivity contribution is 7.98. The van der Waals surface area contributed by atoms with Crippen molar-refractivity contribution in [1.82, 2.24) is 0 Å². The van der Waals surface area contributed by atoms with Gasteiger partial charge in [0, 0.05) is 4.90 Å². The number of thioether (sulfide) groups is 1. The lowest BCUT2D eigenvalue weighted by Crippen LogP contribution is -2.02. The number of carbonyl (C=O) groups excluding carboxylic acids is 1. The topological polar surface area (TPSA) is 59.7 Å². The molecule has 0 amide bonds. The fourth-order valence-corrected chi connectivity index (χ4v) is 2.29. The normalized spacial score (nSPS) is 10.3. The molecule has 4 nitrogen and oxygen atoms in total. The molecule has 0 radical (unpaired) electrons. The summed E-state index contributed by atoms with van der Waals surface area (Å²) in [5, 5.41) is 9.17. The predicted octanol–water partition coefficient (Wildman–Crippen LogP) is 3.06. The predicted molar refractivity (Wildman–Crippen MR) is 67.7 cm³/mol. The summed E-state index contributed by atoms with van der Waals surface area (Å²) >= 11 is 1.52. The van der Waals surface area contributed by atoms with Crippen LogP contribution < -0.4 is 0 Å². The van der Waals surface area contributed by atoms with E-state index < -0.39 is 5.97 Å². The van der Waals surface area contributed by atoms with Gasteiger partial charge in [-0.25, -0.2) is 4.79 Å². The van der Waals surface area contributed by atoms with Gasteiger partial charge in [-0.15, -0.1) is 11.8 Å². The SMILES string of the molecule is COC(=O)c1ccoc1CSc1ccc(O)cc1. The number of benzene rings is 1. The number of hydrogen-bond acceptors (Lipinski definition) is 5. The van der Waals surface area contributed by atoms with Crippen molar-refractivity contribution in [2.24, 2.45) is 0 Å². The molecule has 0 atom stereocenters. The second-order valence-electron chi connectivity index (χ2n) is 3.53. The largest absolute Gasteiger partial charge is 0.508 e. The monoisotopic (exact) mass is 264 g/mol. The number of methoxy groups -OCH3 is 1. The Morgan fingerprint density at radius 2 is 2.06 bits per heavy atom. The lowest BCUT2D eigenvalue weighted by atomic mass is 10.3. The Labute approximate surface area is 109 Å². The summed E-state index contributed by atoms with van der Waals surface area (Å²) in [6.07, 6.45) is 1.47. The van der Waals surface area contributed by atoms with Crippen LogP contribution in [0.4, 0.5) is 0 Å². The smallest absolute Gasteiger partial charge is 0.341 e. The van der Waals surface area contributed by atoms with Crippen molar-refractivity contribution in [2.75, 3.05) is 7.11 Å². The zero-order chi connectivity index (χ0) is 13.0. The molecule has 94 valence electrons. The summed E-state index contributed by atoms with van der Waals surface area (Å²) in [6, 6.07) is 8.44. The van der Waals surface area contributed by atoms with Gasteiger partial charge >= 0.3 is 5.97 Å². The third-order valence-corrected chi connectivity index (χ3v) is 3.37. The van der Waals surface area contributed by atoms with Crippen molar-refractivity contribution in [1.29, 1.82) is 0 Å². The van der Waals surface area contributed by atoms with E-state index in [-0.39, 0.29) is 5.75 Å². The quantitative estimate of drug-likeness (QED) is 0.679. The van der Waals surface area contributed by atoms with Crippen molar-refractivity contribution in [3.63, 3.8) is 0 Å². The highest BCUT2D eigenvalue weighted by atomic mass is 32.2. The number of phenols is 1. The zero-order valence-corrected chi connectivity index (χ0v) is 10.6. The molecule has 0 saturated heterocycles. The second kappa shape index (κ2) is 5.64. The Balaban J connectivity index is 2.04. The molecule has 0 aliphatic heterocycles. The van der Waals surface area contributed by atoms with Gasteiger partial charge in [0.1, 0.15) is 17.1 Å². The van der Waals surface area contributed by atoms with E-state index in [1.807, 2.05) is 0 Å². The molecule has 0 spiro atoms. The fourth-order valence-electron chi connectivity index (χ4n) is 1.44. The first kappa shape index (κ1) is 12.6. The van der Waals surface area contributed by atoms with Crippen LogP contribution in [-0.2, 0) is 10.5 Å². The number of hydrogen-bond donors (Lipinski definition) is 1. The van der Waals surface area contributed by atoms with E-state index >= 15 is 0 Å². The Morgan fingerprint density at radius 3 is 2.72 bits per heavy atom. The Kier molecular flexibility index (Phi) is 3.94. The second-order valence-corrected chi connectivity index (χ2v) is 4.58. The third kappa shape index (κ3) is 2.87. The summed E-state index contributed by atoms with van der Waals surface area (Å²) in [4.78, 5) is 12.4. The summed E-state index contributed by atoms with van der Waals surface area (Å²) in [6.45, 7) is 0. The zero-order valence-electron chi connectivity index (χ0n) is 9.75. The molecule has 0 aliphatic carbocycles. The van der Waals surface area contributed by atoms with Crippen molar-refractivity contribution >= 4 is 17.7 Å². The van der Waals surface area contributed by atoms with E-state index in [0.29, 0.717) is 17.1 Å². The summed E-state index contributed by atoms with van der Waals surface area (Å²) in [5.41, 5.74) is 0.448. The summed E-state index contributed by atoms with van der Waals surface area (Å²) in [5.74, 6) is 0.944. The van der Waals surface area contributed by atoms with E-state index in [9.17, 15) is 4.79 Å². The maximum absolute atomic E-state index is 11.4. The molecule has 18 heavy (non-hydrogen) atoms. The molecule has 0 unspecified atom stereocenters. The van der Waals surface area contributed by atoms with Crippen LogP contribution in [0.5, 0.6) is 5.75 Å². The molecular formula is C13H12O4S. The standard InChI is InChI=1S/C13H12O4S/c1-16-13(15)11-6-7-17-12(11)8-18-10-4-2-9(14)3-5-10/h2-7,14H,8H2,1H3. The molecule has 0 saturated carbocycles. The van der Waals surface area contributed by atoms with Crippen LogP contribution in [0.1, 0.15) is 16.1 Å². The number of rotatable bonds is 4. The molecule has 0 aliphatic rings. The van der Waals surface area contributed by atoms with Crippen LogP contribution in [0.15, 0.2) is 45.9 Å². The molecule has 0 bridgehead atoms. The van der Waals surface area contributed by atoms with Crippen molar-refractivity contribution in [2.45, 2.75) is 10.6 Å². The van der Waals surface area contributed by atoms with Crippen LogP contribution in [0.2, 0.25) is 0 Å². The van der Waals surface area contributed by atoms with Gasteiger partial charge in [0.05, 0.1) is 19.1 Å². The van der Waals surface area contributed by atoms with Gasteiger partial charge in [0.2, 0.25) is 0 Å². The Morgan fingerprint density at radius 1 is 1.33 bits per heavy atom. The lowest BCUT2D eigenvalue weighted by molar-refractivity contribution is 0.0598. The third-order valence-electron chi connectivity index (χ3n) is 2.36. The van der Waals surface area contributed by atoms with Crippen LogP contribution in [0.3, 0.4) is 0 Å². The number of ether oxygens (including phenoxy) is 1. The number of esters is 1. The van der Waals surface area contributed by atoms with E-state index in [2.05, 4.69) is 4.74 Å². The first-order valence-corrected chi connectivity index (χ1v) is 6.26. The minimum atomic E-state index is -0.398. The summed E-state index contributed by atoms with van der Waals surface area (Å²) < 4.78 is 9.92. The average molecular weight is 264 g/mol. The number of furan rings is 1. The first-order valence-electron chi connectivity index (χ1n) is 5.27. The lowest BCUT2D eigenvalue weighted by Gasteiger charge is -2.02. The number of carbonyl (C=O) groups is 1. The fraction of sp³-hybridized carbons (Fsp3) is 0.154. The van der Waals surface area contributed by atoms with Crippen LogP contribution in [-0.4, -0.2) is 18.2 Å². The first-order chi connectivity index (χ1) is 8.70. The molecule has 1 aromatic carbocycles. The van der Waals surface area contributed by atoms with Crippen LogP contribution in [0.25, 0.3) is 0 Å². The molecule has 1 heterocycles. The van der Waals surface area contributed by atoms with E-state index in [1.54, 1.807) is 30.3 Å². The number of phenolic OH excluding ortho intramolecular Hbond substituents is 1. The van der Waals surface area contributed by atoms with Gasteiger partial charge in [-0.3, -0.25) is 0 Å². The van der Waals surface area contributed by atoms with Gasteiger partial charge in [-0.1, -0.05) is 0 Å². The van der Waals surface area contributed by atoms with Crippen LogP contribution >= 0.6 is 11.8 Å². The van der Waals surface area contributed by atoms with Gasteiger partial charge in [-0.05, 0) is 30.3 Å². The maximum Gasteiger partial charge on any atom is 0.341 e. The minimum Gasteiger partial charge on any atom is -0.508 e. The highest BCUT2D eigenvalue weighted by Gasteiger charge is 2.14.